The molecule has 5 atom stereocenters. The summed E-state index contributed by atoms with van der Waals surface area (Å²) in [6.45, 7) is 3.85. The lowest BCUT2D eigenvalue weighted by molar-refractivity contribution is 0.280. The van der Waals surface area contributed by atoms with Crippen molar-refractivity contribution in [3.63, 3.8) is 0 Å². The van der Waals surface area contributed by atoms with Crippen molar-refractivity contribution >= 4 is 10.0 Å². The molecule has 0 aromatic heterocycles. The number of nitrogens with one attached hydrogen (secondary N) is 1. The Labute approximate surface area is 104 Å². The third kappa shape index (κ3) is 2.66. The molecule has 2 saturated carbocycles. The average Bonchev–Trinajstić information content (AvgIpc) is 2.88. The highest BCUT2D eigenvalue weighted by Crippen LogP contribution is 2.49. The molecule has 100 valence electrons. The van der Waals surface area contributed by atoms with Crippen LogP contribution in [0.15, 0.2) is 0 Å². The summed E-state index contributed by atoms with van der Waals surface area (Å²) >= 11 is 0. The van der Waals surface area contributed by atoms with E-state index in [1.165, 1.54) is 25.7 Å². The smallest absolute Gasteiger partial charge is 0.215 e. The fourth-order valence-electron chi connectivity index (χ4n) is 3.50. The zero-order valence-corrected chi connectivity index (χ0v) is 11.5. The minimum Gasteiger partial charge on any atom is -0.329 e. The lowest BCUT2D eigenvalue weighted by Gasteiger charge is -2.29. The highest BCUT2D eigenvalue weighted by molar-refractivity contribution is 7.90. The molecule has 5 heteroatoms. The lowest BCUT2D eigenvalue weighted by atomic mass is 9.84. The Morgan fingerprint density at radius 3 is 2.47 bits per heavy atom. The van der Waals surface area contributed by atoms with Crippen LogP contribution in [0.4, 0.5) is 0 Å². The number of sulfonamides is 1. The molecular formula is C12H24N2O2S. The van der Waals surface area contributed by atoms with Gasteiger partial charge in [0.1, 0.15) is 0 Å². The Hall–Kier alpha value is -0.130. The van der Waals surface area contributed by atoms with E-state index in [-0.39, 0.29) is 12.6 Å². The number of nitrogens with two attached hydrogens (primary N) is 1. The van der Waals surface area contributed by atoms with Gasteiger partial charge in [0.25, 0.3) is 0 Å². The summed E-state index contributed by atoms with van der Waals surface area (Å²) in [5, 5.41) is -0.497. The highest BCUT2D eigenvalue weighted by atomic mass is 32.2. The molecule has 0 heterocycles. The van der Waals surface area contributed by atoms with Crippen LogP contribution in [-0.4, -0.2) is 26.3 Å². The molecule has 0 aromatic rings. The van der Waals surface area contributed by atoms with Crippen LogP contribution in [0.25, 0.3) is 0 Å². The van der Waals surface area contributed by atoms with Crippen LogP contribution in [0.1, 0.15) is 39.5 Å². The Balaban J connectivity index is 1.95. The zero-order valence-electron chi connectivity index (χ0n) is 10.7. The van der Waals surface area contributed by atoms with Gasteiger partial charge in [-0.15, -0.1) is 0 Å². The summed E-state index contributed by atoms with van der Waals surface area (Å²) < 4.78 is 26.7. The molecule has 2 rings (SSSR count). The van der Waals surface area contributed by atoms with Gasteiger partial charge in [0, 0.05) is 12.6 Å². The summed E-state index contributed by atoms with van der Waals surface area (Å²) in [5.74, 6) is 2.13. The van der Waals surface area contributed by atoms with E-state index in [1.807, 2.05) is 6.92 Å². The van der Waals surface area contributed by atoms with Crippen molar-refractivity contribution in [2.45, 2.75) is 50.8 Å². The molecular weight excluding hydrogens is 236 g/mol. The van der Waals surface area contributed by atoms with Crippen molar-refractivity contribution in [2.24, 2.45) is 23.5 Å². The Kier molecular flexibility index (Phi) is 3.80. The second-order valence-electron chi connectivity index (χ2n) is 5.84. The van der Waals surface area contributed by atoms with Crippen LogP contribution in [0.2, 0.25) is 0 Å². The third-order valence-electron chi connectivity index (χ3n) is 4.65. The van der Waals surface area contributed by atoms with E-state index in [9.17, 15) is 8.42 Å². The summed E-state index contributed by atoms with van der Waals surface area (Å²) in [6, 6.07) is 0.0595. The first-order valence-corrected chi connectivity index (χ1v) is 8.20. The maximum absolute atomic E-state index is 11.9. The van der Waals surface area contributed by atoms with E-state index in [0.717, 1.165) is 11.8 Å². The topological polar surface area (TPSA) is 72.2 Å². The molecule has 2 aliphatic carbocycles. The van der Waals surface area contributed by atoms with Crippen molar-refractivity contribution in [1.29, 1.82) is 0 Å². The van der Waals surface area contributed by atoms with Crippen LogP contribution >= 0.6 is 0 Å². The fraction of sp³-hybridized carbons (Fsp3) is 1.00. The number of rotatable bonds is 5. The molecule has 0 aromatic carbocycles. The van der Waals surface area contributed by atoms with Gasteiger partial charge in [-0.3, -0.25) is 0 Å². The summed E-state index contributed by atoms with van der Waals surface area (Å²) in [7, 11) is -3.24. The Bertz CT molecular complexity index is 369. The van der Waals surface area contributed by atoms with Gasteiger partial charge in [0.2, 0.25) is 10.0 Å². The molecule has 0 amide bonds. The van der Waals surface area contributed by atoms with Crippen LogP contribution in [0, 0.1) is 17.8 Å². The van der Waals surface area contributed by atoms with E-state index in [4.69, 9.17) is 5.73 Å². The average molecular weight is 260 g/mol. The summed E-state index contributed by atoms with van der Waals surface area (Å²) in [4.78, 5) is 0. The van der Waals surface area contributed by atoms with Gasteiger partial charge in [0.05, 0.1) is 5.25 Å². The number of hydrogen-bond acceptors (Lipinski definition) is 3. The van der Waals surface area contributed by atoms with Crippen molar-refractivity contribution in [2.75, 3.05) is 6.54 Å². The Morgan fingerprint density at radius 1 is 1.29 bits per heavy atom. The maximum Gasteiger partial charge on any atom is 0.215 e. The molecule has 5 unspecified atom stereocenters. The number of hydrogen-bond donors (Lipinski definition) is 2. The van der Waals surface area contributed by atoms with Gasteiger partial charge in [-0.05, 0) is 50.9 Å². The van der Waals surface area contributed by atoms with Crippen LogP contribution in [0.5, 0.6) is 0 Å². The second-order valence-corrected chi connectivity index (χ2v) is 7.97. The molecule has 3 N–H and O–H groups in total. The van der Waals surface area contributed by atoms with E-state index in [0.29, 0.717) is 5.92 Å². The Morgan fingerprint density at radius 2 is 2.00 bits per heavy atom. The molecule has 2 aliphatic rings. The first kappa shape index (κ1) is 13.3. The summed E-state index contributed by atoms with van der Waals surface area (Å²) in [6.07, 6.45) is 5.14. The van der Waals surface area contributed by atoms with Gasteiger partial charge < -0.3 is 5.73 Å². The molecule has 2 fully saturated rings. The van der Waals surface area contributed by atoms with Crippen molar-refractivity contribution in [3.8, 4) is 0 Å². The second kappa shape index (κ2) is 4.86. The van der Waals surface area contributed by atoms with Crippen LogP contribution < -0.4 is 10.5 Å². The first-order valence-electron chi connectivity index (χ1n) is 6.65. The predicted molar refractivity (Wildman–Crippen MR) is 69.0 cm³/mol. The van der Waals surface area contributed by atoms with Gasteiger partial charge in [-0.1, -0.05) is 6.42 Å². The SMILES string of the molecule is CC(NS(=O)(=O)C(C)CN)C1CC2CCC1C2. The van der Waals surface area contributed by atoms with Gasteiger partial charge in [-0.25, -0.2) is 13.1 Å². The van der Waals surface area contributed by atoms with E-state index in [1.54, 1.807) is 6.92 Å². The first-order chi connectivity index (χ1) is 7.94. The van der Waals surface area contributed by atoms with Crippen molar-refractivity contribution in [1.82, 2.24) is 4.72 Å². The highest BCUT2D eigenvalue weighted by Gasteiger charge is 2.42. The predicted octanol–water partition coefficient (Wildman–Crippen LogP) is 1.08. The molecule has 0 radical (unpaired) electrons. The molecule has 2 bridgehead atoms. The lowest BCUT2D eigenvalue weighted by Crippen LogP contribution is -2.45. The zero-order chi connectivity index (χ0) is 12.6. The van der Waals surface area contributed by atoms with Crippen LogP contribution in [0.3, 0.4) is 0 Å². The minimum absolute atomic E-state index is 0.0595. The van der Waals surface area contributed by atoms with Crippen LogP contribution in [-0.2, 0) is 10.0 Å². The molecule has 17 heavy (non-hydrogen) atoms. The summed E-state index contributed by atoms with van der Waals surface area (Å²) in [5.41, 5.74) is 5.43. The molecule has 0 aliphatic heterocycles. The van der Waals surface area contributed by atoms with Crippen molar-refractivity contribution < 1.29 is 8.42 Å². The largest absolute Gasteiger partial charge is 0.329 e. The van der Waals surface area contributed by atoms with Gasteiger partial charge in [-0.2, -0.15) is 0 Å². The normalized spacial score (nSPS) is 36.1. The third-order valence-corrected chi connectivity index (χ3v) is 6.60. The van der Waals surface area contributed by atoms with Gasteiger partial charge >= 0.3 is 0 Å². The standard InChI is InChI=1S/C12H24N2O2S/c1-8(7-13)17(15,16)14-9(2)12-6-10-3-4-11(12)5-10/h8-12,14H,3-7,13H2,1-2H3. The molecule has 0 spiro atoms. The fourth-order valence-corrected chi connectivity index (χ4v) is 4.67. The van der Waals surface area contributed by atoms with E-state index in [2.05, 4.69) is 4.72 Å². The minimum atomic E-state index is -3.24. The molecule has 4 nitrogen and oxygen atoms in total. The quantitative estimate of drug-likeness (QED) is 0.777. The number of fused-ring (bicyclic) bond motifs is 2. The van der Waals surface area contributed by atoms with E-state index < -0.39 is 15.3 Å². The molecule has 0 saturated heterocycles. The van der Waals surface area contributed by atoms with Crippen molar-refractivity contribution in [3.05, 3.63) is 0 Å². The monoisotopic (exact) mass is 260 g/mol. The van der Waals surface area contributed by atoms with Gasteiger partial charge in [0.15, 0.2) is 0 Å². The maximum atomic E-state index is 11.9. The van der Waals surface area contributed by atoms with E-state index >= 15 is 0 Å².